The van der Waals surface area contributed by atoms with E-state index in [2.05, 4.69) is 19.1 Å². The maximum Gasteiger partial charge on any atom is 0.166 e. The first kappa shape index (κ1) is 31.1. The Hall–Kier alpha value is -2.88. The van der Waals surface area contributed by atoms with Gasteiger partial charge in [-0.05, 0) is 79.5 Å². The highest BCUT2D eigenvalue weighted by molar-refractivity contribution is 5.71. The average Bonchev–Trinajstić information content (AvgIpc) is 2.99. The van der Waals surface area contributed by atoms with Crippen LogP contribution in [0.15, 0.2) is 60.7 Å². The molecular formula is C37H44F4. The molecule has 0 N–H and O–H groups in total. The van der Waals surface area contributed by atoms with Crippen molar-refractivity contribution in [3.8, 4) is 22.3 Å². The van der Waals surface area contributed by atoms with Crippen LogP contribution in [0.2, 0.25) is 0 Å². The van der Waals surface area contributed by atoms with E-state index < -0.39 is 23.3 Å². The lowest BCUT2D eigenvalue weighted by atomic mass is 9.78. The maximum atomic E-state index is 15.2. The number of halogens is 4. The summed E-state index contributed by atoms with van der Waals surface area (Å²) < 4.78 is 60.3. The Labute approximate surface area is 243 Å². The van der Waals surface area contributed by atoms with Gasteiger partial charge in [0.15, 0.2) is 23.3 Å². The van der Waals surface area contributed by atoms with Crippen LogP contribution in [0.25, 0.3) is 22.3 Å². The van der Waals surface area contributed by atoms with E-state index in [1.807, 2.05) is 6.92 Å². The van der Waals surface area contributed by atoms with E-state index in [-0.39, 0.29) is 17.0 Å². The van der Waals surface area contributed by atoms with Gasteiger partial charge in [-0.1, -0.05) is 113 Å². The third-order valence-corrected chi connectivity index (χ3v) is 8.76. The number of allylic oxidation sites excluding steroid dienone is 2. The van der Waals surface area contributed by atoms with Crippen LogP contribution < -0.4 is 0 Å². The molecule has 1 fully saturated rings. The summed E-state index contributed by atoms with van der Waals surface area (Å²) in [5.41, 5.74) is 2.20. The first-order chi connectivity index (χ1) is 19.9. The number of unbranched alkanes of at least 4 members (excludes halogenated alkanes) is 7. The van der Waals surface area contributed by atoms with Gasteiger partial charge in [-0.15, -0.1) is 0 Å². The van der Waals surface area contributed by atoms with Gasteiger partial charge in [0.2, 0.25) is 0 Å². The highest BCUT2D eigenvalue weighted by atomic mass is 19.2. The summed E-state index contributed by atoms with van der Waals surface area (Å²) in [5, 5.41) is 0. The molecule has 0 atom stereocenters. The molecule has 4 rings (SSSR count). The molecule has 0 aromatic heterocycles. The monoisotopic (exact) mass is 564 g/mol. The molecule has 41 heavy (non-hydrogen) atoms. The molecule has 1 aliphatic carbocycles. The van der Waals surface area contributed by atoms with Gasteiger partial charge in [0.05, 0.1) is 0 Å². The van der Waals surface area contributed by atoms with Crippen LogP contribution in [0.3, 0.4) is 0 Å². The van der Waals surface area contributed by atoms with E-state index >= 15 is 13.2 Å². The number of aryl methyl sites for hydroxylation is 1. The summed E-state index contributed by atoms with van der Waals surface area (Å²) in [6.07, 6.45) is 17.7. The van der Waals surface area contributed by atoms with Crippen LogP contribution in [-0.2, 0) is 6.42 Å². The Bertz CT molecular complexity index is 1280. The SMILES string of the molecule is CC=CC1CCC(c2ccc(-c3ccc(-c4ccc(CCCCCCCCCC)c(F)c4F)cc3)c(F)c2F)CC1. The summed E-state index contributed by atoms with van der Waals surface area (Å²) >= 11 is 0. The molecule has 220 valence electrons. The van der Waals surface area contributed by atoms with Crippen molar-refractivity contribution in [2.24, 2.45) is 5.92 Å². The Morgan fingerprint density at radius 1 is 0.610 bits per heavy atom. The normalized spacial score (nSPS) is 17.4. The molecule has 0 unspecified atom stereocenters. The van der Waals surface area contributed by atoms with Gasteiger partial charge in [-0.2, -0.15) is 0 Å². The second-order valence-corrected chi connectivity index (χ2v) is 11.7. The number of benzene rings is 3. The number of hydrogen-bond acceptors (Lipinski definition) is 0. The molecule has 3 aromatic carbocycles. The highest BCUT2D eigenvalue weighted by Crippen LogP contribution is 2.39. The molecule has 0 bridgehead atoms. The minimum Gasteiger partial charge on any atom is -0.203 e. The van der Waals surface area contributed by atoms with Crippen LogP contribution in [0, 0.1) is 29.2 Å². The molecule has 0 aliphatic heterocycles. The zero-order valence-electron chi connectivity index (χ0n) is 24.6. The summed E-state index contributed by atoms with van der Waals surface area (Å²) in [7, 11) is 0. The Morgan fingerprint density at radius 3 is 1.73 bits per heavy atom. The van der Waals surface area contributed by atoms with Crippen LogP contribution >= 0.6 is 0 Å². The summed E-state index contributed by atoms with van der Waals surface area (Å²) in [6, 6.07) is 13.2. The minimum atomic E-state index is -0.861. The van der Waals surface area contributed by atoms with E-state index in [0.717, 1.165) is 44.9 Å². The lowest BCUT2D eigenvalue weighted by molar-refractivity contribution is 0.364. The minimum absolute atomic E-state index is 0.0267. The van der Waals surface area contributed by atoms with Crippen molar-refractivity contribution in [3.63, 3.8) is 0 Å². The predicted molar refractivity (Wildman–Crippen MR) is 163 cm³/mol. The maximum absolute atomic E-state index is 15.2. The molecule has 0 saturated heterocycles. The van der Waals surface area contributed by atoms with Crippen molar-refractivity contribution in [2.45, 2.75) is 103 Å². The second-order valence-electron chi connectivity index (χ2n) is 11.7. The van der Waals surface area contributed by atoms with Gasteiger partial charge in [-0.3, -0.25) is 0 Å². The quantitative estimate of drug-likeness (QED) is 0.110. The fraction of sp³-hybridized carbons (Fsp3) is 0.459. The molecular weight excluding hydrogens is 520 g/mol. The molecule has 0 amide bonds. The van der Waals surface area contributed by atoms with Crippen molar-refractivity contribution in [3.05, 3.63) is 95.1 Å². The molecule has 1 aliphatic rings. The van der Waals surface area contributed by atoms with Crippen LogP contribution in [0.4, 0.5) is 17.6 Å². The lowest BCUT2D eigenvalue weighted by Crippen LogP contribution is -2.13. The molecule has 0 heterocycles. The molecule has 0 radical (unpaired) electrons. The van der Waals surface area contributed by atoms with Gasteiger partial charge in [-0.25, -0.2) is 17.6 Å². The van der Waals surface area contributed by atoms with Gasteiger partial charge < -0.3 is 0 Å². The van der Waals surface area contributed by atoms with E-state index in [4.69, 9.17) is 0 Å². The van der Waals surface area contributed by atoms with E-state index in [9.17, 15) is 4.39 Å². The second kappa shape index (κ2) is 15.4. The Balaban J connectivity index is 1.39. The summed E-state index contributed by atoms with van der Waals surface area (Å²) in [5.74, 6) is -2.74. The standard InChI is InChI=1S/C37H44F4/c1-3-5-6-7-8-9-10-11-13-30-22-23-31(35(39)34(30)38)28-18-20-29(21-19-28)33-25-24-32(36(40)37(33)41)27-16-14-26(12-4-2)15-17-27/h4,12,18-27H,3,5-11,13-17H2,1-2H3. The largest absolute Gasteiger partial charge is 0.203 e. The summed E-state index contributed by atoms with van der Waals surface area (Å²) in [4.78, 5) is 0. The lowest BCUT2D eigenvalue weighted by Gasteiger charge is -2.27. The molecule has 1 saturated carbocycles. The first-order valence-electron chi connectivity index (χ1n) is 15.6. The van der Waals surface area contributed by atoms with Crippen LogP contribution in [-0.4, -0.2) is 0 Å². The topological polar surface area (TPSA) is 0 Å². The van der Waals surface area contributed by atoms with E-state index in [0.29, 0.717) is 34.6 Å². The van der Waals surface area contributed by atoms with Crippen LogP contribution in [0.1, 0.15) is 108 Å². The predicted octanol–water partition coefficient (Wildman–Crippen LogP) is 12.1. The first-order valence-corrected chi connectivity index (χ1v) is 15.6. The van der Waals surface area contributed by atoms with E-state index in [1.54, 1.807) is 48.5 Å². The van der Waals surface area contributed by atoms with Crippen molar-refractivity contribution < 1.29 is 17.6 Å². The third-order valence-electron chi connectivity index (χ3n) is 8.76. The Kier molecular flexibility index (Phi) is 11.7. The number of rotatable bonds is 13. The fourth-order valence-corrected chi connectivity index (χ4v) is 6.28. The average molecular weight is 565 g/mol. The zero-order valence-corrected chi connectivity index (χ0v) is 24.6. The van der Waals surface area contributed by atoms with Gasteiger partial charge >= 0.3 is 0 Å². The Morgan fingerprint density at radius 2 is 1.15 bits per heavy atom. The van der Waals surface area contributed by atoms with Crippen molar-refractivity contribution in [1.82, 2.24) is 0 Å². The highest BCUT2D eigenvalue weighted by Gasteiger charge is 2.26. The van der Waals surface area contributed by atoms with Crippen molar-refractivity contribution >= 4 is 0 Å². The molecule has 3 aromatic rings. The van der Waals surface area contributed by atoms with Crippen molar-refractivity contribution in [2.75, 3.05) is 0 Å². The van der Waals surface area contributed by atoms with Gasteiger partial charge in [0, 0.05) is 11.1 Å². The van der Waals surface area contributed by atoms with E-state index in [1.165, 1.54) is 32.1 Å². The van der Waals surface area contributed by atoms with Crippen LogP contribution in [0.5, 0.6) is 0 Å². The van der Waals surface area contributed by atoms with Gasteiger partial charge in [0.1, 0.15) is 0 Å². The smallest absolute Gasteiger partial charge is 0.166 e. The fourth-order valence-electron chi connectivity index (χ4n) is 6.28. The van der Waals surface area contributed by atoms with Gasteiger partial charge in [0.25, 0.3) is 0 Å². The molecule has 4 heteroatoms. The molecule has 0 nitrogen and oxygen atoms in total. The molecule has 0 spiro atoms. The summed E-state index contributed by atoms with van der Waals surface area (Å²) in [6.45, 7) is 4.21. The zero-order chi connectivity index (χ0) is 29.2. The van der Waals surface area contributed by atoms with Crippen molar-refractivity contribution in [1.29, 1.82) is 0 Å². The number of hydrogen-bond donors (Lipinski definition) is 0. The third kappa shape index (κ3) is 7.90.